The Hall–Kier alpha value is -0.250. The van der Waals surface area contributed by atoms with Crippen LogP contribution >= 0.6 is 50.4 Å². The van der Waals surface area contributed by atoms with E-state index in [0.29, 0.717) is 10.6 Å². The van der Waals surface area contributed by atoms with Crippen molar-refractivity contribution in [3.8, 4) is 11.5 Å². The first kappa shape index (κ1) is 13.2. The molecule has 0 aliphatic carbocycles. The summed E-state index contributed by atoms with van der Waals surface area (Å²) in [5.41, 5.74) is 0.675. The Morgan fingerprint density at radius 1 is 1.18 bits per heavy atom. The van der Waals surface area contributed by atoms with E-state index in [2.05, 4.69) is 14.9 Å². The molecule has 0 unspecified atom stereocenters. The number of nitrogens with zero attached hydrogens (tertiary/aromatic N) is 3. The summed E-state index contributed by atoms with van der Waals surface area (Å²) in [5.74, 6) is 0.268. The zero-order valence-electron chi connectivity index (χ0n) is 8.02. The van der Waals surface area contributed by atoms with Crippen molar-refractivity contribution in [2.45, 2.75) is 0 Å². The Morgan fingerprint density at radius 2 is 1.94 bits per heavy atom. The number of aromatic nitrogens is 2. The molecule has 0 amide bonds. The second kappa shape index (κ2) is 5.17. The van der Waals surface area contributed by atoms with Gasteiger partial charge in [-0.2, -0.15) is 4.74 Å². The predicted molar refractivity (Wildman–Crippen MR) is 71.3 cm³/mol. The standard InChI is InChI=1S/C8H4Cl4N3OP/c9-6-3-1-2-5(4-6)7-13-14-8(16-7)15-17(10,11)12/h1-4H. The van der Waals surface area contributed by atoms with Gasteiger partial charge in [0, 0.05) is 10.6 Å². The maximum atomic E-state index is 5.84. The van der Waals surface area contributed by atoms with Crippen LogP contribution in [0.1, 0.15) is 0 Å². The fourth-order valence-electron chi connectivity index (χ4n) is 1.09. The van der Waals surface area contributed by atoms with Crippen LogP contribution in [0.15, 0.2) is 33.4 Å². The lowest BCUT2D eigenvalue weighted by molar-refractivity contribution is 0.581. The lowest BCUT2D eigenvalue weighted by Gasteiger charge is -1.94. The molecule has 2 aromatic rings. The predicted octanol–water partition coefficient (Wildman–Crippen LogP) is 5.68. The highest BCUT2D eigenvalue weighted by molar-refractivity contribution is 8.26. The summed E-state index contributed by atoms with van der Waals surface area (Å²) in [7, 11) is 0. The van der Waals surface area contributed by atoms with Crippen LogP contribution in [0, 0.1) is 0 Å². The molecule has 0 saturated heterocycles. The van der Waals surface area contributed by atoms with Crippen LogP contribution in [-0.4, -0.2) is 10.2 Å². The first-order valence-corrected chi connectivity index (χ1v) is 9.08. The average Bonchev–Trinajstić information content (AvgIpc) is 2.63. The van der Waals surface area contributed by atoms with Gasteiger partial charge in [0.05, 0.1) is 0 Å². The van der Waals surface area contributed by atoms with Crippen molar-refractivity contribution < 1.29 is 4.42 Å². The average molecular weight is 331 g/mol. The van der Waals surface area contributed by atoms with E-state index < -0.39 is 5.11 Å². The van der Waals surface area contributed by atoms with E-state index >= 15 is 0 Å². The van der Waals surface area contributed by atoms with Gasteiger partial charge in [0.1, 0.15) is 0 Å². The maximum Gasteiger partial charge on any atom is 0.344 e. The van der Waals surface area contributed by atoms with Crippen molar-refractivity contribution in [2.24, 2.45) is 4.74 Å². The van der Waals surface area contributed by atoms with Crippen molar-refractivity contribution in [3.05, 3.63) is 29.3 Å². The summed E-state index contributed by atoms with van der Waals surface area (Å²) in [6.45, 7) is 0. The molecule has 0 radical (unpaired) electrons. The van der Waals surface area contributed by atoms with Crippen molar-refractivity contribution >= 4 is 56.5 Å². The largest absolute Gasteiger partial charge is 0.402 e. The summed E-state index contributed by atoms with van der Waals surface area (Å²) in [6.07, 6.45) is 0. The van der Waals surface area contributed by atoms with Gasteiger partial charge in [-0.15, -0.1) is 5.10 Å². The smallest absolute Gasteiger partial charge is 0.344 e. The molecular formula is C8H4Cl4N3OP. The van der Waals surface area contributed by atoms with Gasteiger partial charge in [-0.3, -0.25) is 0 Å². The van der Waals surface area contributed by atoms with Crippen molar-refractivity contribution in [1.29, 1.82) is 0 Å². The Labute approximate surface area is 116 Å². The lowest BCUT2D eigenvalue weighted by Crippen LogP contribution is -1.76. The molecule has 0 aliphatic heterocycles. The highest BCUT2D eigenvalue weighted by Gasteiger charge is 2.12. The fourth-order valence-corrected chi connectivity index (χ4v) is 2.14. The number of hydrogen-bond acceptors (Lipinski definition) is 4. The van der Waals surface area contributed by atoms with Gasteiger partial charge in [0.15, 0.2) is 0 Å². The first-order chi connectivity index (χ1) is 7.94. The van der Waals surface area contributed by atoms with E-state index in [0.717, 1.165) is 0 Å². The number of halogens is 4. The first-order valence-electron chi connectivity index (χ1n) is 4.25. The third kappa shape index (κ3) is 3.87. The van der Waals surface area contributed by atoms with E-state index in [1.807, 2.05) is 0 Å². The Balaban J connectivity index is 2.37. The minimum Gasteiger partial charge on any atom is -0.402 e. The van der Waals surface area contributed by atoms with Gasteiger partial charge in [-0.05, 0) is 51.9 Å². The van der Waals surface area contributed by atoms with Crippen molar-refractivity contribution in [3.63, 3.8) is 0 Å². The Kier molecular flexibility index (Phi) is 4.01. The highest BCUT2D eigenvalue weighted by Crippen LogP contribution is 2.66. The minimum absolute atomic E-state index is 0.0618. The molecule has 4 nitrogen and oxygen atoms in total. The van der Waals surface area contributed by atoms with Gasteiger partial charge < -0.3 is 4.42 Å². The fraction of sp³-hybridized carbons (Fsp3) is 0. The van der Waals surface area contributed by atoms with Crippen LogP contribution < -0.4 is 0 Å². The maximum absolute atomic E-state index is 5.84. The molecule has 0 bridgehead atoms. The van der Waals surface area contributed by atoms with Crippen LogP contribution in [0.5, 0.6) is 0 Å². The van der Waals surface area contributed by atoms with Crippen LogP contribution in [0.4, 0.5) is 6.01 Å². The SMILES string of the molecule is Clc1cccc(-c2nnc(N=P(Cl)(Cl)Cl)o2)c1. The molecule has 1 aromatic heterocycles. The van der Waals surface area contributed by atoms with Gasteiger partial charge in [-0.25, -0.2) is 0 Å². The number of benzene rings is 1. The van der Waals surface area contributed by atoms with E-state index in [9.17, 15) is 0 Å². The third-order valence-electron chi connectivity index (χ3n) is 1.68. The lowest BCUT2D eigenvalue weighted by atomic mass is 10.2. The normalized spacial score (nSPS) is 11.5. The monoisotopic (exact) mass is 329 g/mol. The quantitative estimate of drug-likeness (QED) is 0.665. The van der Waals surface area contributed by atoms with Gasteiger partial charge in [0.25, 0.3) is 0 Å². The molecule has 1 heterocycles. The summed E-state index contributed by atoms with van der Waals surface area (Å²) in [5, 5.41) is 5.10. The molecule has 0 fully saturated rings. The molecule has 17 heavy (non-hydrogen) atoms. The van der Waals surface area contributed by atoms with Gasteiger partial charge in [-0.1, -0.05) is 22.8 Å². The third-order valence-corrected chi connectivity index (χ3v) is 3.00. The van der Waals surface area contributed by atoms with Gasteiger partial charge >= 0.3 is 6.01 Å². The molecule has 9 heteroatoms. The number of hydrogen-bond donors (Lipinski definition) is 0. The Morgan fingerprint density at radius 3 is 2.59 bits per heavy atom. The van der Waals surface area contributed by atoms with E-state index in [-0.39, 0.29) is 11.9 Å². The minimum atomic E-state index is -2.91. The second-order valence-corrected chi connectivity index (χ2v) is 10.4. The summed E-state index contributed by atoms with van der Waals surface area (Å²) < 4.78 is 8.92. The van der Waals surface area contributed by atoms with Crippen LogP contribution in [0.3, 0.4) is 0 Å². The molecule has 2 rings (SSSR count). The molecule has 0 saturated carbocycles. The van der Waals surface area contributed by atoms with Crippen molar-refractivity contribution in [2.75, 3.05) is 0 Å². The topological polar surface area (TPSA) is 51.3 Å². The second-order valence-electron chi connectivity index (χ2n) is 2.92. The molecular weight excluding hydrogens is 327 g/mol. The summed E-state index contributed by atoms with van der Waals surface area (Å²) in [4.78, 5) is 0. The summed E-state index contributed by atoms with van der Waals surface area (Å²) >= 11 is 22.6. The molecule has 0 atom stereocenters. The molecule has 0 aliphatic rings. The van der Waals surface area contributed by atoms with E-state index in [1.54, 1.807) is 24.3 Å². The highest BCUT2D eigenvalue weighted by atomic mass is 36.0. The zero-order valence-corrected chi connectivity index (χ0v) is 11.9. The zero-order chi connectivity index (χ0) is 12.5. The molecule has 0 spiro atoms. The summed E-state index contributed by atoms with van der Waals surface area (Å²) in [6, 6.07) is 6.89. The molecule has 1 aromatic carbocycles. The van der Waals surface area contributed by atoms with Crippen LogP contribution in [0.2, 0.25) is 5.02 Å². The molecule has 0 N–H and O–H groups in total. The van der Waals surface area contributed by atoms with E-state index in [4.69, 9.17) is 49.7 Å². The van der Waals surface area contributed by atoms with Crippen LogP contribution in [0.25, 0.3) is 11.5 Å². The van der Waals surface area contributed by atoms with Crippen molar-refractivity contribution in [1.82, 2.24) is 10.2 Å². The van der Waals surface area contributed by atoms with E-state index in [1.165, 1.54) is 0 Å². The Bertz CT molecular complexity index is 586. The van der Waals surface area contributed by atoms with Gasteiger partial charge in [0.2, 0.25) is 11.0 Å². The molecule has 90 valence electrons. The van der Waals surface area contributed by atoms with Crippen LogP contribution in [-0.2, 0) is 0 Å². The number of rotatable bonds is 2.